The van der Waals surface area contributed by atoms with Crippen LogP contribution < -0.4 is 11.1 Å². The molecule has 4 nitrogen and oxygen atoms in total. The largest absolute Gasteiger partial charge is 0.351 e. The Labute approximate surface area is 131 Å². The molecular formula is C18H23N3O. The molecule has 0 bridgehead atoms. The van der Waals surface area contributed by atoms with Crippen molar-refractivity contribution in [3.05, 3.63) is 59.7 Å². The number of benzene rings is 2. The fourth-order valence-electron chi connectivity index (χ4n) is 2.26. The maximum absolute atomic E-state index is 12.5. The van der Waals surface area contributed by atoms with Crippen molar-refractivity contribution in [2.24, 2.45) is 5.73 Å². The molecule has 0 saturated carbocycles. The molecule has 0 heterocycles. The van der Waals surface area contributed by atoms with Crippen molar-refractivity contribution in [3.8, 4) is 11.1 Å². The van der Waals surface area contributed by atoms with Gasteiger partial charge in [0.25, 0.3) is 5.91 Å². The summed E-state index contributed by atoms with van der Waals surface area (Å²) < 4.78 is 0. The maximum atomic E-state index is 12.5. The van der Waals surface area contributed by atoms with Crippen molar-refractivity contribution >= 4 is 5.91 Å². The van der Waals surface area contributed by atoms with Gasteiger partial charge in [0, 0.05) is 25.2 Å². The van der Waals surface area contributed by atoms with Gasteiger partial charge in [-0.3, -0.25) is 4.79 Å². The van der Waals surface area contributed by atoms with Gasteiger partial charge in [-0.05, 0) is 36.9 Å². The number of nitrogens with two attached hydrogens (primary N) is 1. The van der Waals surface area contributed by atoms with E-state index in [0.29, 0.717) is 18.7 Å². The van der Waals surface area contributed by atoms with Gasteiger partial charge in [0.15, 0.2) is 0 Å². The van der Waals surface area contributed by atoms with Crippen molar-refractivity contribution in [1.29, 1.82) is 0 Å². The second-order valence-electron chi connectivity index (χ2n) is 5.51. The zero-order valence-corrected chi connectivity index (χ0v) is 13.2. The number of amides is 1. The Bertz CT molecular complexity index is 623. The van der Waals surface area contributed by atoms with Crippen LogP contribution >= 0.6 is 0 Å². The molecule has 2 aromatic carbocycles. The van der Waals surface area contributed by atoms with Crippen LogP contribution in [0.5, 0.6) is 0 Å². The fraction of sp³-hybridized carbons (Fsp3) is 0.278. The van der Waals surface area contributed by atoms with Crippen molar-refractivity contribution in [2.75, 3.05) is 27.2 Å². The minimum atomic E-state index is -0.0593. The van der Waals surface area contributed by atoms with Crippen molar-refractivity contribution in [1.82, 2.24) is 10.2 Å². The first-order valence-electron chi connectivity index (χ1n) is 7.43. The Morgan fingerprint density at radius 3 is 2.50 bits per heavy atom. The number of carbonyl (C=O) groups is 1. The summed E-state index contributed by atoms with van der Waals surface area (Å²) in [6.07, 6.45) is 0. The van der Waals surface area contributed by atoms with Crippen LogP contribution in [-0.4, -0.2) is 38.0 Å². The Hall–Kier alpha value is -2.17. The first kappa shape index (κ1) is 16.2. The third kappa shape index (κ3) is 4.16. The highest BCUT2D eigenvalue weighted by atomic mass is 16.1. The molecule has 116 valence electrons. The molecule has 0 atom stereocenters. The lowest BCUT2D eigenvalue weighted by Crippen LogP contribution is -2.31. The fourth-order valence-corrected chi connectivity index (χ4v) is 2.26. The predicted molar refractivity (Wildman–Crippen MR) is 90.7 cm³/mol. The molecule has 2 rings (SSSR count). The summed E-state index contributed by atoms with van der Waals surface area (Å²) in [5.41, 5.74) is 9.30. The minimum Gasteiger partial charge on any atom is -0.351 e. The molecule has 0 aliphatic rings. The van der Waals surface area contributed by atoms with E-state index in [-0.39, 0.29) is 5.91 Å². The Kier molecular flexibility index (Phi) is 5.69. The lowest BCUT2D eigenvalue weighted by molar-refractivity contribution is 0.0951. The lowest BCUT2D eigenvalue weighted by atomic mass is 9.97. The summed E-state index contributed by atoms with van der Waals surface area (Å²) in [5.74, 6) is -0.0593. The SMILES string of the molecule is CN(C)CCNC(=O)c1cc(CN)ccc1-c1ccccc1. The van der Waals surface area contributed by atoms with Crippen molar-refractivity contribution < 1.29 is 4.79 Å². The Morgan fingerprint density at radius 2 is 1.86 bits per heavy atom. The molecule has 3 N–H and O–H groups in total. The number of nitrogens with zero attached hydrogens (tertiary/aromatic N) is 1. The van der Waals surface area contributed by atoms with E-state index in [1.807, 2.05) is 67.5 Å². The molecule has 0 saturated heterocycles. The standard InChI is InChI=1S/C18H23N3O/c1-21(2)11-10-20-18(22)17-12-14(13-19)8-9-16(17)15-6-4-3-5-7-15/h3-9,12H,10-11,13,19H2,1-2H3,(H,20,22). The smallest absolute Gasteiger partial charge is 0.251 e. The summed E-state index contributed by atoms with van der Waals surface area (Å²) in [5, 5.41) is 2.97. The highest BCUT2D eigenvalue weighted by Gasteiger charge is 2.13. The zero-order valence-electron chi connectivity index (χ0n) is 13.2. The van der Waals surface area contributed by atoms with Crippen LogP contribution in [0.4, 0.5) is 0 Å². The van der Waals surface area contributed by atoms with Gasteiger partial charge in [-0.15, -0.1) is 0 Å². The molecule has 0 fully saturated rings. The molecule has 0 spiro atoms. The summed E-state index contributed by atoms with van der Waals surface area (Å²) >= 11 is 0. The van der Waals surface area contributed by atoms with Crippen LogP contribution in [0.15, 0.2) is 48.5 Å². The molecule has 22 heavy (non-hydrogen) atoms. The first-order valence-corrected chi connectivity index (χ1v) is 7.43. The van der Waals surface area contributed by atoms with Crippen LogP contribution in [0.1, 0.15) is 15.9 Å². The van der Waals surface area contributed by atoms with Crippen molar-refractivity contribution in [2.45, 2.75) is 6.54 Å². The van der Waals surface area contributed by atoms with E-state index in [1.165, 1.54) is 0 Å². The Balaban J connectivity index is 2.29. The van der Waals surface area contributed by atoms with Gasteiger partial charge in [0.05, 0.1) is 0 Å². The van der Waals surface area contributed by atoms with Gasteiger partial charge < -0.3 is 16.0 Å². The number of likely N-dealkylation sites (N-methyl/N-ethyl adjacent to an activating group) is 1. The van der Waals surface area contributed by atoms with Gasteiger partial charge >= 0.3 is 0 Å². The highest BCUT2D eigenvalue weighted by Crippen LogP contribution is 2.24. The summed E-state index contributed by atoms with van der Waals surface area (Å²) in [6.45, 7) is 1.85. The molecule has 0 aliphatic carbocycles. The van der Waals surface area contributed by atoms with E-state index < -0.39 is 0 Å². The van der Waals surface area contributed by atoms with Crippen LogP contribution in [0, 0.1) is 0 Å². The molecule has 0 aromatic heterocycles. The molecule has 2 aromatic rings. The maximum Gasteiger partial charge on any atom is 0.251 e. The van der Waals surface area contributed by atoms with E-state index in [9.17, 15) is 4.79 Å². The van der Waals surface area contributed by atoms with Crippen molar-refractivity contribution in [3.63, 3.8) is 0 Å². The molecule has 0 radical (unpaired) electrons. The number of hydrogen-bond donors (Lipinski definition) is 2. The van der Waals surface area contributed by atoms with Crippen LogP contribution in [0.25, 0.3) is 11.1 Å². The quantitative estimate of drug-likeness (QED) is 0.858. The molecule has 1 amide bonds. The normalized spacial score (nSPS) is 10.7. The number of nitrogens with one attached hydrogen (secondary N) is 1. The van der Waals surface area contributed by atoms with Gasteiger partial charge in [0.2, 0.25) is 0 Å². The minimum absolute atomic E-state index is 0.0593. The number of hydrogen-bond acceptors (Lipinski definition) is 3. The van der Waals surface area contributed by atoms with Gasteiger partial charge in [0.1, 0.15) is 0 Å². The topological polar surface area (TPSA) is 58.4 Å². The van der Waals surface area contributed by atoms with E-state index in [0.717, 1.165) is 23.2 Å². The average molecular weight is 297 g/mol. The molecule has 0 aliphatic heterocycles. The predicted octanol–water partition coefficient (Wildman–Crippen LogP) is 2.10. The monoisotopic (exact) mass is 297 g/mol. The molecule has 0 unspecified atom stereocenters. The van der Waals surface area contributed by atoms with Crippen LogP contribution in [0.2, 0.25) is 0 Å². The zero-order chi connectivity index (χ0) is 15.9. The van der Waals surface area contributed by atoms with Crippen LogP contribution in [0.3, 0.4) is 0 Å². The third-order valence-corrected chi connectivity index (χ3v) is 3.49. The van der Waals surface area contributed by atoms with Gasteiger partial charge in [-0.2, -0.15) is 0 Å². The second-order valence-corrected chi connectivity index (χ2v) is 5.51. The Morgan fingerprint density at radius 1 is 1.14 bits per heavy atom. The molecule has 4 heteroatoms. The summed E-state index contributed by atoms with van der Waals surface area (Å²) in [7, 11) is 3.97. The second kappa shape index (κ2) is 7.73. The van der Waals surface area contributed by atoms with E-state index >= 15 is 0 Å². The van der Waals surface area contributed by atoms with Gasteiger partial charge in [-0.25, -0.2) is 0 Å². The highest BCUT2D eigenvalue weighted by molar-refractivity contribution is 6.01. The van der Waals surface area contributed by atoms with Crippen LogP contribution in [-0.2, 0) is 6.54 Å². The average Bonchev–Trinajstić information content (AvgIpc) is 2.54. The summed E-state index contributed by atoms with van der Waals surface area (Å²) in [6, 6.07) is 15.8. The van der Waals surface area contributed by atoms with E-state index in [1.54, 1.807) is 0 Å². The first-order chi connectivity index (χ1) is 10.6. The summed E-state index contributed by atoms with van der Waals surface area (Å²) in [4.78, 5) is 14.6. The van der Waals surface area contributed by atoms with E-state index in [4.69, 9.17) is 5.73 Å². The van der Waals surface area contributed by atoms with E-state index in [2.05, 4.69) is 5.32 Å². The molecular weight excluding hydrogens is 274 g/mol. The third-order valence-electron chi connectivity index (χ3n) is 3.49. The lowest BCUT2D eigenvalue weighted by Gasteiger charge is -2.14. The number of carbonyl (C=O) groups excluding carboxylic acids is 1. The van der Waals surface area contributed by atoms with Gasteiger partial charge in [-0.1, -0.05) is 42.5 Å². The number of rotatable bonds is 6.